The van der Waals surface area contributed by atoms with Gasteiger partial charge in [0.05, 0.1) is 24.4 Å². The molecule has 2 heterocycles. The summed E-state index contributed by atoms with van der Waals surface area (Å²) in [5.74, 6) is 0.379. The summed E-state index contributed by atoms with van der Waals surface area (Å²) in [5.41, 5.74) is 0.366. The number of rotatable bonds is 5. The molecule has 0 radical (unpaired) electrons. The van der Waals surface area contributed by atoms with E-state index in [2.05, 4.69) is 51.6 Å². The standard InChI is InChI=1S/C35H42N2O6Si/c1-23-19-28-32(39)37(33(40)42-34(2,3)4)27-21-30(29(41-8)20-26(27)31(38)36(28)22-23)43-44(35(5,6)7,24-15-11-9-12-16-24)25-17-13-10-14-18-25/h9-18,20-21,28,32,39H,1,19,22H2,2-8H3/t28-,32-/m0/s1. The van der Waals surface area contributed by atoms with Crippen molar-refractivity contribution >= 4 is 36.4 Å². The fourth-order valence-corrected chi connectivity index (χ4v) is 10.7. The van der Waals surface area contributed by atoms with Gasteiger partial charge in [0.1, 0.15) is 11.4 Å². The highest BCUT2D eigenvalue weighted by Gasteiger charge is 2.53. The first kappa shape index (κ1) is 31.3. The Kier molecular flexibility index (Phi) is 8.15. The second kappa shape index (κ2) is 11.4. The lowest BCUT2D eigenvalue weighted by atomic mass is 10.1. The van der Waals surface area contributed by atoms with Crippen LogP contribution >= 0.6 is 0 Å². The maximum absolute atomic E-state index is 14.0. The number of fused-ring (bicyclic) bond motifs is 2. The van der Waals surface area contributed by atoms with Gasteiger partial charge >= 0.3 is 14.4 Å². The fourth-order valence-electron chi connectivity index (χ4n) is 6.28. The van der Waals surface area contributed by atoms with Crippen molar-refractivity contribution in [3.63, 3.8) is 0 Å². The van der Waals surface area contributed by atoms with Gasteiger partial charge in [0.2, 0.25) is 0 Å². The van der Waals surface area contributed by atoms with Gasteiger partial charge < -0.3 is 23.9 Å². The second-order valence-electron chi connectivity index (χ2n) is 13.5. The predicted octanol–water partition coefficient (Wildman–Crippen LogP) is 5.48. The molecule has 1 fully saturated rings. The highest BCUT2D eigenvalue weighted by Crippen LogP contribution is 2.45. The number of amides is 2. The highest BCUT2D eigenvalue weighted by molar-refractivity contribution is 7.00. The summed E-state index contributed by atoms with van der Waals surface area (Å²) in [5, 5.41) is 13.5. The van der Waals surface area contributed by atoms with Crippen molar-refractivity contribution in [3.8, 4) is 11.5 Å². The molecule has 8 nitrogen and oxygen atoms in total. The first-order chi connectivity index (χ1) is 20.7. The van der Waals surface area contributed by atoms with E-state index in [9.17, 15) is 14.7 Å². The topological polar surface area (TPSA) is 88.5 Å². The molecule has 3 aromatic carbocycles. The third-order valence-corrected chi connectivity index (χ3v) is 13.1. The molecule has 1 N–H and O–H groups in total. The van der Waals surface area contributed by atoms with Crippen LogP contribution in [-0.2, 0) is 4.74 Å². The van der Waals surface area contributed by atoms with E-state index in [0.29, 0.717) is 17.9 Å². The van der Waals surface area contributed by atoms with E-state index in [1.807, 2.05) is 36.4 Å². The van der Waals surface area contributed by atoms with Gasteiger partial charge in [-0.2, -0.15) is 0 Å². The molecule has 0 aliphatic carbocycles. The number of hydrogen-bond donors (Lipinski definition) is 1. The van der Waals surface area contributed by atoms with Crippen molar-refractivity contribution in [2.24, 2.45) is 0 Å². The number of hydrogen-bond acceptors (Lipinski definition) is 6. The molecule has 5 rings (SSSR count). The fraction of sp³-hybridized carbons (Fsp3) is 0.371. The molecule has 2 aliphatic rings. The molecular formula is C35H42N2O6Si. The molecule has 232 valence electrons. The number of anilines is 1. The van der Waals surface area contributed by atoms with E-state index in [4.69, 9.17) is 13.9 Å². The Balaban J connectivity index is 1.76. The van der Waals surface area contributed by atoms with Crippen LogP contribution in [0, 0.1) is 0 Å². The van der Waals surface area contributed by atoms with E-state index in [0.717, 1.165) is 15.9 Å². The quantitative estimate of drug-likeness (QED) is 0.303. The van der Waals surface area contributed by atoms with E-state index < -0.39 is 32.3 Å². The summed E-state index contributed by atoms with van der Waals surface area (Å²) >= 11 is 0. The van der Waals surface area contributed by atoms with Crippen LogP contribution in [0.4, 0.5) is 10.5 Å². The normalized spacial score (nSPS) is 18.8. The lowest BCUT2D eigenvalue weighted by Crippen LogP contribution is -2.68. The van der Waals surface area contributed by atoms with Crippen molar-refractivity contribution in [1.29, 1.82) is 0 Å². The average molecular weight is 615 g/mol. The van der Waals surface area contributed by atoms with Gasteiger partial charge in [0.25, 0.3) is 5.91 Å². The molecule has 2 aliphatic heterocycles. The minimum absolute atomic E-state index is 0.200. The molecule has 0 unspecified atom stereocenters. The molecule has 0 aromatic heterocycles. The van der Waals surface area contributed by atoms with Gasteiger partial charge in [0.15, 0.2) is 12.0 Å². The summed E-state index contributed by atoms with van der Waals surface area (Å²) < 4.78 is 18.9. The molecule has 9 heteroatoms. The van der Waals surface area contributed by atoms with Gasteiger partial charge in [-0.15, -0.1) is 0 Å². The van der Waals surface area contributed by atoms with E-state index in [-0.39, 0.29) is 28.7 Å². The molecule has 0 saturated carbocycles. The smallest absolute Gasteiger partial charge is 0.417 e. The molecule has 3 aromatic rings. The Bertz CT molecular complexity index is 1520. The van der Waals surface area contributed by atoms with Gasteiger partial charge in [0, 0.05) is 12.6 Å². The molecule has 2 atom stereocenters. The van der Waals surface area contributed by atoms with Gasteiger partial charge in [-0.1, -0.05) is 93.6 Å². The zero-order valence-corrected chi connectivity index (χ0v) is 27.6. The Morgan fingerprint density at radius 2 is 1.50 bits per heavy atom. The molecule has 0 spiro atoms. The first-order valence-electron chi connectivity index (χ1n) is 14.9. The number of ether oxygens (including phenoxy) is 2. The van der Waals surface area contributed by atoms with Crippen LogP contribution < -0.4 is 24.4 Å². The van der Waals surface area contributed by atoms with Gasteiger partial charge in [-0.05, 0) is 48.7 Å². The zero-order chi connectivity index (χ0) is 32.0. The first-order valence-corrected chi connectivity index (χ1v) is 16.8. The van der Waals surface area contributed by atoms with Crippen LogP contribution in [0.5, 0.6) is 11.5 Å². The molecular weight excluding hydrogens is 572 g/mol. The lowest BCUT2D eigenvalue weighted by Gasteiger charge is -2.43. The number of aliphatic hydroxyl groups is 1. The number of benzene rings is 3. The van der Waals surface area contributed by atoms with Crippen LogP contribution in [-0.4, -0.2) is 61.8 Å². The summed E-state index contributed by atoms with van der Waals surface area (Å²) in [7, 11) is -1.60. The van der Waals surface area contributed by atoms with Crippen LogP contribution in [0.15, 0.2) is 84.9 Å². The van der Waals surface area contributed by atoms with Crippen molar-refractivity contribution in [2.75, 3.05) is 18.6 Å². The largest absolute Gasteiger partial charge is 0.531 e. The van der Waals surface area contributed by atoms with Crippen LogP contribution in [0.25, 0.3) is 0 Å². The van der Waals surface area contributed by atoms with Crippen molar-refractivity contribution < 1.29 is 28.6 Å². The van der Waals surface area contributed by atoms with Crippen LogP contribution in [0.1, 0.15) is 58.3 Å². The number of carbonyl (C=O) groups is 2. The third kappa shape index (κ3) is 5.50. The lowest BCUT2D eigenvalue weighted by molar-refractivity contribution is 0.0310. The predicted molar refractivity (Wildman–Crippen MR) is 175 cm³/mol. The third-order valence-electron chi connectivity index (χ3n) is 8.20. The Morgan fingerprint density at radius 3 is 2.00 bits per heavy atom. The van der Waals surface area contributed by atoms with E-state index >= 15 is 0 Å². The summed E-state index contributed by atoms with van der Waals surface area (Å²) in [6.45, 7) is 16.1. The second-order valence-corrected chi connectivity index (χ2v) is 17.7. The number of aliphatic hydroxyl groups excluding tert-OH is 1. The molecule has 0 bridgehead atoms. The van der Waals surface area contributed by atoms with Crippen molar-refractivity contribution in [3.05, 3.63) is 90.5 Å². The Morgan fingerprint density at radius 1 is 0.932 bits per heavy atom. The van der Waals surface area contributed by atoms with E-state index in [1.54, 1.807) is 37.8 Å². The number of carbonyl (C=O) groups excluding carboxylic acids is 2. The zero-order valence-electron chi connectivity index (χ0n) is 26.6. The highest BCUT2D eigenvalue weighted by atomic mass is 28.4. The minimum atomic E-state index is -3.13. The monoisotopic (exact) mass is 614 g/mol. The van der Waals surface area contributed by atoms with Gasteiger partial charge in [-0.25, -0.2) is 9.69 Å². The molecule has 1 saturated heterocycles. The van der Waals surface area contributed by atoms with E-state index in [1.165, 1.54) is 12.0 Å². The van der Waals surface area contributed by atoms with Crippen molar-refractivity contribution in [2.45, 2.75) is 70.9 Å². The minimum Gasteiger partial charge on any atom is -0.531 e. The maximum Gasteiger partial charge on any atom is 0.417 e. The summed E-state index contributed by atoms with van der Waals surface area (Å²) in [6, 6.07) is 22.9. The summed E-state index contributed by atoms with van der Waals surface area (Å²) in [4.78, 5) is 30.6. The number of nitrogens with zero attached hydrogens (tertiary/aromatic N) is 2. The summed E-state index contributed by atoms with van der Waals surface area (Å²) in [6.07, 6.45) is -1.77. The molecule has 44 heavy (non-hydrogen) atoms. The van der Waals surface area contributed by atoms with Crippen LogP contribution in [0.3, 0.4) is 0 Å². The van der Waals surface area contributed by atoms with Crippen molar-refractivity contribution in [1.82, 2.24) is 4.90 Å². The van der Waals surface area contributed by atoms with Crippen LogP contribution in [0.2, 0.25) is 5.04 Å². The average Bonchev–Trinajstić information content (AvgIpc) is 3.33. The SMILES string of the molecule is C=C1C[C@H]2[C@H](O)N(C(=O)OC(C)(C)C)c3cc(O[Si](c4ccccc4)(c4ccccc4)C(C)(C)C)c(OC)cc3C(=O)N2C1. The Hall–Kier alpha value is -4.08. The number of methoxy groups -OCH3 is 1. The molecule has 2 amide bonds. The maximum atomic E-state index is 14.0. The Labute approximate surface area is 261 Å². The van der Waals surface area contributed by atoms with Gasteiger partial charge in [-0.3, -0.25) is 4.79 Å².